The number of rotatable bonds is 4. The van der Waals surface area contributed by atoms with Crippen molar-refractivity contribution in [2.24, 2.45) is 0 Å². The topological polar surface area (TPSA) is 69.2 Å². The fraction of sp³-hybridized carbons (Fsp3) is 0.273. The van der Waals surface area contributed by atoms with Crippen molar-refractivity contribution in [2.45, 2.75) is 19.8 Å². The maximum atomic E-state index is 11.2. The van der Waals surface area contributed by atoms with Crippen molar-refractivity contribution in [1.82, 2.24) is 0 Å². The van der Waals surface area contributed by atoms with Gasteiger partial charge in [-0.2, -0.15) is 0 Å². The molecular weight excluding hydrogens is 217 g/mol. The molecule has 1 aromatic rings. The molecule has 0 aliphatic heterocycles. The Hall–Kier alpha value is -0.840. The molecule has 0 heterocycles. The van der Waals surface area contributed by atoms with Crippen LogP contribution in [0.25, 0.3) is 0 Å². The summed E-state index contributed by atoms with van der Waals surface area (Å²) >= 11 is 0. The van der Waals surface area contributed by atoms with E-state index in [1.807, 2.05) is 19.1 Å². The van der Waals surface area contributed by atoms with Crippen molar-refractivity contribution >= 4 is 17.6 Å². The van der Waals surface area contributed by atoms with E-state index >= 15 is 0 Å². The van der Waals surface area contributed by atoms with Crippen LogP contribution in [0.15, 0.2) is 24.3 Å². The summed E-state index contributed by atoms with van der Waals surface area (Å²) in [4.78, 5) is 21.3. The number of hydrogen-bond acceptors (Lipinski definition) is 3. The van der Waals surface area contributed by atoms with Crippen LogP contribution in [-0.4, -0.2) is 11.9 Å². The maximum absolute atomic E-state index is 11.2. The molecule has 0 fully saturated rings. The average Bonchev–Trinajstić information content (AvgIpc) is 2.19. The van der Waals surface area contributed by atoms with Gasteiger partial charge in [-0.3, -0.25) is 4.79 Å². The number of carbonyl (C=O) groups excluding carboxylic acids is 2. The summed E-state index contributed by atoms with van der Waals surface area (Å²) in [6, 6.07) is 7.28. The molecule has 80 valence electrons. The van der Waals surface area contributed by atoms with Crippen LogP contribution in [-0.2, 0) is 9.59 Å². The van der Waals surface area contributed by atoms with Gasteiger partial charge >= 0.3 is 29.6 Å². The molecule has 0 bridgehead atoms. The minimum absolute atomic E-state index is 0. The fourth-order valence-electron chi connectivity index (χ4n) is 1.08. The molecule has 1 aromatic carbocycles. The predicted molar refractivity (Wildman–Crippen MR) is 54.0 cm³/mol. The van der Waals surface area contributed by atoms with Crippen molar-refractivity contribution in [3.05, 3.63) is 29.8 Å². The van der Waals surface area contributed by atoms with Crippen molar-refractivity contribution in [1.29, 1.82) is 0 Å². The van der Waals surface area contributed by atoms with E-state index in [4.69, 9.17) is 0 Å². The number of amides is 1. The Morgan fingerprint density at radius 3 is 2.25 bits per heavy atom. The third-order valence-corrected chi connectivity index (χ3v) is 1.89. The summed E-state index contributed by atoms with van der Waals surface area (Å²) in [6.45, 7) is 1.95. The quantitative estimate of drug-likeness (QED) is 0.579. The first-order valence-electron chi connectivity index (χ1n) is 4.64. The minimum Gasteiger partial charge on any atom is -0.550 e. The second-order valence-corrected chi connectivity index (χ2v) is 3.29. The van der Waals surface area contributed by atoms with E-state index in [0.29, 0.717) is 5.69 Å². The van der Waals surface area contributed by atoms with Gasteiger partial charge in [-0.05, 0) is 25.5 Å². The van der Waals surface area contributed by atoms with Crippen LogP contribution in [0.5, 0.6) is 0 Å². The largest absolute Gasteiger partial charge is 1.00 e. The third-order valence-electron chi connectivity index (χ3n) is 1.89. The zero-order valence-corrected chi connectivity index (χ0v) is 11.4. The predicted octanol–water partition coefficient (Wildman–Crippen LogP) is -2.53. The number of carboxylic acids is 1. The van der Waals surface area contributed by atoms with Gasteiger partial charge in [0, 0.05) is 18.1 Å². The molecule has 4 nitrogen and oxygen atoms in total. The van der Waals surface area contributed by atoms with E-state index in [1.165, 1.54) is 0 Å². The van der Waals surface area contributed by atoms with Crippen molar-refractivity contribution < 1.29 is 44.3 Å². The molecular formula is C11H12NNaO3. The van der Waals surface area contributed by atoms with E-state index in [9.17, 15) is 14.7 Å². The Morgan fingerprint density at radius 2 is 1.75 bits per heavy atom. The molecule has 0 atom stereocenters. The molecule has 5 heteroatoms. The van der Waals surface area contributed by atoms with Crippen molar-refractivity contribution in [3.8, 4) is 0 Å². The molecule has 1 N–H and O–H groups in total. The van der Waals surface area contributed by atoms with Crippen LogP contribution in [0.4, 0.5) is 5.69 Å². The Balaban J connectivity index is 0.00000225. The molecule has 0 aliphatic rings. The second-order valence-electron chi connectivity index (χ2n) is 3.29. The number of benzene rings is 1. The third kappa shape index (κ3) is 5.90. The SMILES string of the molecule is Cc1ccc(NC(=O)CCC(=O)[O-])cc1.[Na+]. The van der Waals surface area contributed by atoms with Crippen LogP contribution in [0, 0.1) is 6.92 Å². The number of carboxylic acid groups (broad SMARTS) is 1. The van der Waals surface area contributed by atoms with Crippen LogP contribution in [0.3, 0.4) is 0 Å². The first-order chi connectivity index (χ1) is 7.08. The fourth-order valence-corrected chi connectivity index (χ4v) is 1.08. The Bertz CT molecular complexity index is 362. The molecule has 1 amide bonds. The number of hydrogen-bond donors (Lipinski definition) is 1. The standard InChI is InChI=1S/C11H13NO3.Na/c1-8-2-4-9(5-3-8)12-10(13)6-7-11(14)15;/h2-5H,6-7H2,1H3,(H,12,13)(H,14,15);/q;+1/p-1. The summed E-state index contributed by atoms with van der Waals surface area (Å²) in [5, 5.41) is 12.7. The van der Waals surface area contributed by atoms with Crippen LogP contribution in [0.2, 0.25) is 0 Å². The zero-order chi connectivity index (χ0) is 11.3. The molecule has 0 radical (unpaired) electrons. The molecule has 16 heavy (non-hydrogen) atoms. The van der Waals surface area contributed by atoms with E-state index in [2.05, 4.69) is 5.32 Å². The number of anilines is 1. The molecule has 0 spiro atoms. The summed E-state index contributed by atoms with van der Waals surface area (Å²) in [7, 11) is 0. The van der Waals surface area contributed by atoms with Gasteiger partial charge in [0.15, 0.2) is 0 Å². The first-order valence-corrected chi connectivity index (χ1v) is 4.64. The summed E-state index contributed by atoms with van der Waals surface area (Å²) in [5.41, 5.74) is 1.77. The van der Waals surface area contributed by atoms with Gasteiger partial charge in [-0.1, -0.05) is 17.7 Å². The Kier molecular flexibility index (Phi) is 7.05. The second kappa shape index (κ2) is 7.44. The normalized spacial score (nSPS) is 9.06. The van der Waals surface area contributed by atoms with Crippen molar-refractivity contribution in [2.75, 3.05) is 5.32 Å². The van der Waals surface area contributed by atoms with Crippen molar-refractivity contribution in [3.63, 3.8) is 0 Å². The molecule has 0 saturated carbocycles. The van der Waals surface area contributed by atoms with Gasteiger partial charge in [-0.25, -0.2) is 0 Å². The molecule has 0 saturated heterocycles. The molecule has 0 unspecified atom stereocenters. The number of aliphatic carboxylic acids is 1. The minimum atomic E-state index is -1.21. The number of aryl methyl sites for hydroxylation is 1. The maximum Gasteiger partial charge on any atom is 1.00 e. The monoisotopic (exact) mass is 229 g/mol. The zero-order valence-electron chi connectivity index (χ0n) is 9.45. The van der Waals surface area contributed by atoms with Gasteiger partial charge in [-0.15, -0.1) is 0 Å². The van der Waals surface area contributed by atoms with Gasteiger partial charge in [0.05, 0.1) is 0 Å². The van der Waals surface area contributed by atoms with Crippen LogP contribution < -0.4 is 40.0 Å². The average molecular weight is 229 g/mol. The van der Waals surface area contributed by atoms with E-state index in [0.717, 1.165) is 5.56 Å². The van der Waals surface area contributed by atoms with Crippen LogP contribution >= 0.6 is 0 Å². The summed E-state index contributed by atoms with van der Waals surface area (Å²) in [5.74, 6) is -1.53. The van der Waals surface area contributed by atoms with Gasteiger partial charge < -0.3 is 15.2 Å². The molecule has 1 rings (SSSR count). The first kappa shape index (κ1) is 15.2. The summed E-state index contributed by atoms with van der Waals surface area (Å²) in [6.07, 6.45) is -0.312. The van der Waals surface area contributed by atoms with Gasteiger partial charge in [0.25, 0.3) is 0 Å². The summed E-state index contributed by atoms with van der Waals surface area (Å²) < 4.78 is 0. The van der Waals surface area contributed by atoms with Gasteiger partial charge in [0.2, 0.25) is 5.91 Å². The Morgan fingerprint density at radius 1 is 1.19 bits per heavy atom. The van der Waals surface area contributed by atoms with Gasteiger partial charge in [0.1, 0.15) is 0 Å². The number of carbonyl (C=O) groups is 2. The molecule has 0 aliphatic carbocycles. The molecule has 0 aromatic heterocycles. The number of nitrogens with one attached hydrogen (secondary N) is 1. The van der Waals surface area contributed by atoms with Crippen LogP contribution in [0.1, 0.15) is 18.4 Å². The smallest absolute Gasteiger partial charge is 0.550 e. The Labute approximate surface area is 116 Å². The van der Waals surface area contributed by atoms with E-state index in [1.54, 1.807) is 12.1 Å². The van der Waals surface area contributed by atoms with E-state index in [-0.39, 0.29) is 48.3 Å². The van der Waals surface area contributed by atoms with E-state index < -0.39 is 5.97 Å².